The fourth-order valence-electron chi connectivity index (χ4n) is 3.29. The van der Waals surface area contributed by atoms with E-state index in [0.29, 0.717) is 18.7 Å². The van der Waals surface area contributed by atoms with Gasteiger partial charge in [0.1, 0.15) is 6.54 Å². The Labute approximate surface area is 160 Å². The molecule has 26 heavy (non-hydrogen) atoms. The Kier molecular flexibility index (Phi) is 5.00. The zero-order valence-corrected chi connectivity index (χ0v) is 16.3. The second-order valence-electron chi connectivity index (χ2n) is 6.47. The molecule has 1 aliphatic rings. The van der Waals surface area contributed by atoms with Gasteiger partial charge in [0, 0.05) is 46.8 Å². The van der Waals surface area contributed by atoms with Crippen LogP contribution in [-0.2, 0) is 16.1 Å². The minimum Gasteiger partial charge on any atom is -0.338 e. The first-order valence-electron chi connectivity index (χ1n) is 8.28. The summed E-state index contributed by atoms with van der Waals surface area (Å²) >= 11 is 3.42. The van der Waals surface area contributed by atoms with Gasteiger partial charge in [0.25, 0.3) is 0 Å². The molecule has 0 spiro atoms. The normalized spacial score (nSPS) is 14.2. The molecule has 2 amide bonds. The van der Waals surface area contributed by atoms with E-state index in [9.17, 15) is 14.4 Å². The van der Waals surface area contributed by atoms with Gasteiger partial charge in [-0.1, -0.05) is 22.5 Å². The lowest BCUT2D eigenvalue weighted by molar-refractivity contribution is -0.142. The van der Waals surface area contributed by atoms with Crippen LogP contribution in [-0.4, -0.2) is 58.6 Å². The van der Waals surface area contributed by atoms with E-state index in [4.69, 9.17) is 0 Å². The van der Waals surface area contributed by atoms with Crippen molar-refractivity contribution in [2.24, 2.45) is 0 Å². The van der Waals surface area contributed by atoms with Crippen LogP contribution in [0.5, 0.6) is 0 Å². The SMILES string of the molecule is C=CC(=O)N1CC(N(C)C(=O)Cn2c(C)c(C=O)c3cc(Br)ccc32)C1. The van der Waals surface area contributed by atoms with Gasteiger partial charge in [-0.2, -0.15) is 0 Å². The standard InChI is InChI=1S/C19H20BrN3O3/c1-4-18(25)22-8-14(9-22)21(3)19(26)10-23-12(2)16(11-24)15-7-13(20)5-6-17(15)23/h4-7,11,14H,1,8-10H2,2-3H3. The number of rotatable bonds is 5. The smallest absolute Gasteiger partial charge is 0.246 e. The summed E-state index contributed by atoms with van der Waals surface area (Å²) in [4.78, 5) is 39.1. The predicted molar refractivity (Wildman–Crippen MR) is 103 cm³/mol. The topological polar surface area (TPSA) is 62.6 Å². The maximum absolute atomic E-state index is 12.7. The lowest BCUT2D eigenvalue weighted by atomic mass is 10.1. The van der Waals surface area contributed by atoms with Crippen LogP contribution in [0.15, 0.2) is 35.3 Å². The molecule has 0 unspecified atom stereocenters. The van der Waals surface area contributed by atoms with Crippen molar-refractivity contribution in [3.05, 3.63) is 46.6 Å². The number of aromatic nitrogens is 1. The summed E-state index contributed by atoms with van der Waals surface area (Å²) in [5.74, 6) is -0.170. The monoisotopic (exact) mass is 417 g/mol. The quantitative estimate of drug-likeness (QED) is 0.554. The molecule has 2 aromatic rings. The highest BCUT2D eigenvalue weighted by atomic mass is 79.9. The van der Waals surface area contributed by atoms with Crippen molar-refractivity contribution in [1.82, 2.24) is 14.4 Å². The van der Waals surface area contributed by atoms with Gasteiger partial charge in [-0.3, -0.25) is 14.4 Å². The van der Waals surface area contributed by atoms with E-state index in [1.807, 2.05) is 29.7 Å². The molecule has 0 aliphatic carbocycles. The number of hydrogen-bond acceptors (Lipinski definition) is 3. The van der Waals surface area contributed by atoms with Crippen LogP contribution in [0.1, 0.15) is 16.1 Å². The minimum absolute atomic E-state index is 0.00761. The van der Waals surface area contributed by atoms with Crippen LogP contribution >= 0.6 is 15.9 Å². The van der Waals surface area contributed by atoms with E-state index in [2.05, 4.69) is 22.5 Å². The van der Waals surface area contributed by atoms with Gasteiger partial charge in [-0.05, 0) is 31.2 Å². The second-order valence-corrected chi connectivity index (χ2v) is 7.39. The Morgan fingerprint density at radius 2 is 2.08 bits per heavy atom. The minimum atomic E-state index is -0.115. The maximum Gasteiger partial charge on any atom is 0.246 e. The Morgan fingerprint density at radius 1 is 1.38 bits per heavy atom. The van der Waals surface area contributed by atoms with E-state index in [0.717, 1.165) is 27.4 Å². The van der Waals surface area contributed by atoms with Crippen molar-refractivity contribution < 1.29 is 14.4 Å². The van der Waals surface area contributed by atoms with Gasteiger partial charge in [0.05, 0.1) is 6.04 Å². The van der Waals surface area contributed by atoms with Gasteiger partial charge in [0.15, 0.2) is 6.29 Å². The van der Waals surface area contributed by atoms with Crippen LogP contribution in [0, 0.1) is 6.92 Å². The first kappa shape index (κ1) is 18.4. The number of benzene rings is 1. The number of halogens is 1. The number of aldehydes is 1. The molecule has 0 atom stereocenters. The molecule has 1 aromatic heterocycles. The van der Waals surface area contributed by atoms with Crippen molar-refractivity contribution in [3.63, 3.8) is 0 Å². The first-order valence-corrected chi connectivity index (χ1v) is 9.07. The van der Waals surface area contributed by atoms with Gasteiger partial charge in [-0.15, -0.1) is 0 Å². The first-order chi connectivity index (χ1) is 12.4. The Balaban J connectivity index is 1.80. The number of carbonyl (C=O) groups is 3. The average molecular weight is 418 g/mol. The Hall–Kier alpha value is -2.41. The third-order valence-corrected chi connectivity index (χ3v) is 5.53. The zero-order valence-electron chi connectivity index (χ0n) is 14.7. The molecule has 7 heteroatoms. The molecular weight excluding hydrogens is 398 g/mol. The number of hydrogen-bond donors (Lipinski definition) is 0. The molecule has 1 aliphatic heterocycles. The molecule has 1 fully saturated rings. The molecule has 0 saturated carbocycles. The molecule has 2 heterocycles. The van der Waals surface area contributed by atoms with Gasteiger partial charge < -0.3 is 14.4 Å². The molecule has 1 saturated heterocycles. The number of carbonyl (C=O) groups excluding carboxylic acids is 3. The van der Waals surface area contributed by atoms with E-state index in [-0.39, 0.29) is 24.4 Å². The Bertz CT molecular complexity index is 912. The lowest BCUT2D eigenvalue weighted by Crippen LogP contribution is -2.61. The van der Waals surface area contributed by atoms with Gasteiger partial charge >= 0.3 is 0 Å². The molecule has 136 valence electrons. The third-order valence-electron chi connectivity index (χ3n) is 5.04. The van der Waals surface area contributed by atoms with E-state index in [1.54, 1.807) is 16.8 Å². The van der Waals surface area contributed by atoms with E-state index < -0.39 is 0 Å². The van der Waals surface area contributed by atoms with Crippen molar-refractivity contribution in [2.45, 2.75) is 19.5 Å². The van der Waals surface area contributed by atoms with E-state index in [1.165, 1.54) is 6.08 Å². The van der Waals surface area contributed by atoms with Crippen molar-refractivity contribution in [1.29, 1.82) is 0 Å². The largest absolute Gasteiger partial charge is 0.338 e. The van der Waals surface area contributed by atoms with Crippen LogP contribution < -0.4 is 0 Å². The number of fused-ring (bicyclic) bond motifs is 1. The van der Waals surface area contributed by atoms with Gasteiger partial charge in [-0.25, -0.2) is 0 Å². The summed E-state index contributed by atoms with van der Waals surface area (Å²) in [5, 5.41) is 0.828. The average Bonchev–Trinajstić information content (AvgIpc) is 2.83. The predicted octanol–water partition coefficient (Wildman–Crippen LogP) is 2.38. The summed E-state index contributed by atoms with van der Waals surface area (Å²) in [5.41, 5.74) is 2.22. The summed E-state index contributed by atoms with van der Waals surface area (Å²) < 4.78 is 2.76. The van der Waals surface area contributed by atoms with Crippen LogP contribution in [0.4, 0.5) is 0 Å². The number of amides is 2. The van der Waals surface area contributed by atoms with Crippen LogP contribution in [0.25, 0.3) is 10.9 Å². The number of likely N-dealkylation sites (tertiary alicyclic amines) is 1. The molecule has 3 rings (SSSR count). The zero-order chi connectivity index (χ0) is 19.0. The maximum atomic E-state index is 12.7. The molecule has 0 bridgehead atoms. The van der Waals surface area contributed by atoms with Crippen molar-refractivity contribution in [2.75, 3.05) is 20.1 Å². The second kappa shape index (κ2) is 7.07. The number of nitrogens with zero attached hydrogens (tertiary/aromatic N) is 3. The molecular formula is C19H20BrN3O3. The highest BCUT2D eigenvalue weighted by Crippen LogP contribution is 2.28. The van der Waals surface area contributed by atoms with Crippen LogP contribution in [0.3, 0.4) is 0 Å². The van der Waals surface area contributed by atoms with E-state index >= 15 is 0 Å². The fourth-order valence-corrected chi connectivity index (χ4v) is 3.65. The third kappa shape index (κ3) is 3.07. The summed E-state index contributed by atoms with van der Waals surface area (Å²) in [6.07, 6.45) is 2.12. The molecule has 0 radical (unpaired) electrons. The highest BCUT2D eigenvalue weighted by molar-refractivity contribution is 9.10. The fraction of sp³-hybridized carbons (Fsp3) is 0.316. The molecule has 6 nitrogen and oxygen atoms in total. The lowest BCUT2D eigenvalue weighted by Gasteiger charge is -2.43. The molecule has 0 N–H and O–H groups in total. The number of likely N-dealkylation sites (N-methyl/N-ethyl adjacent to an activating group) is 1. The summed E-state index contributed by atoms with van der Waals surface area (Å²) in [6.45, 7) is 6.51. The van der Waals surface area contributed by atoms with Crippen molar-refractivity contribution >= 4 is 44.9 Å². The van der Waals surface area contributed by atoms with Gasteiger partial charge in [0.2, 0.25) is 11.8 Å². The summed E-state index contributed by atoms with van der Waals surface area (Å²) in [6, 6.07) is 5.70. The Morgan fingerprint density at radius 3 is 2.69 bits per heavy atom. The highest BCUT2D eigenvalue weighted by Gasteiger charge is 2.34. The van der Waals surface area contributed by atoms with Crippen LogP contribution in [0.2, 0.25) is 0 Å². The van der Waals surface area contributed by atoms with Crippen molar-refractivity contribution in [3.8, 4) is 0 Å². The summed E-state index contributed by atoms with van der Waals surface area (Å²) in [7, 11) is 1.75. The molecule has 1 aromatic carbocycles.